The summed E-state index contributed by atoms with van der Waals surface area (Å²) in [5.74, 6) is -0.648. The highest BCUT2D eigenvalue weighted by molar-refractivity contribution is 5.46. The van der Waals surface area contributed by atoms with Crippen molar-refractivity contribution in [3.63, 3.8) is 0 Å². The van der Waals surface area contributed by atoms with Crippen molar-refractivity contribution >= 4 is 5.69 Å². The number of aliphatic hydroxyl groups is 1. The van der Waals surface area contributed by atoms with Gasteiger partial charge in [0.25, 0.3) is 0 Å². The summed E-state index contributed by atoms with van der Waals surface area (Å²) in [7, 11) is 0. The van der Waals surface area contributed by atoms with E-state index >= 15 is 0 Å². The Bertz CT molecular complexity index is 572. The molecule has 100 valence electrons. The van der Waals surface area contributed by atoms with Crippen LogP contribution in [0.1, 0.15) is 17.2 Å². The van der Waals surface area contributed by atoms with Gasteiger partial charge in [0.2, 0.25) is 0 Å². The first-order chi connectivity index (χ1) is 9.06. The Morgan fingerprint density at radius 1 is 1.16 bits per heavy atom. The van der Waals surface area contributed by atoms with Crippen molar-refractivity contribution in [2.45, 2.75) is 13.0 Å². The van der Waals surface area contributed by atoms with Crippen molar-refractivity contribution in [3.05, 3.63) is 65.2 Å². The van der Waals surface area contributed by atoms with E-state index in [1.165, 1.54) is 18.2 Å². The van der Waals surface area contributed by atoms with Crippen molar-refractivity contribution in [3.8, 4) is 0 Å². The summed E-state index contributed by atoms with van der Waals surface area (Å²) in [6.07, 6.45) is -0.818. The number of benzene rings is 2. The Kier molecular flexibility index (Phi) is 4.12. The van der Waals surface area contributed by atoms with E-state index in [2.05, 4.69) is 5.32 Å². The first-order valence-electron chi connectivity index (χ1n) is 6.00. The molecule has 1 unspecified atom stereocenters. The van der Waals surface area contributed by atoms with Gasteiger partial charge in [0.15, 0.2) is 0 Å². The molecular formula is C15H15F2NO. The fourth-order valence-electron chi connectivity index (χ4n) is 1.80. The van der Waals surface area contributed by atoms with Gasteiger partial charge in [-0.25, -0.2) is 8.78 Å². The van der Waals surface area contributed by atoms with Crippen LogP contribution in [-0.2, 0) is 0 Å². The Morgan fingerprint density at radius 3 is 2.63 bits per heavy atom. The van der Waals surface area contributed by atoms with E-state index < -0.39 is 6.10 Å². The third-order valence-corrected chi connectivity index (χ3v) is 2.89. The average Bonchev–Trinajstić information content (AvgIpc) is 2.40. The van der Waals surface area contributed by atoms with Crippen LogP contribution in [0.5, 0.6) is 0 Å². The van der Waals surface area contributed by atoms with Crippen LogP contribution in [0.4, 0.5) is 14.5 Å². The number of aliphatic hydroxyl groups excluding tert-OH is 1. The van der Waals surface area contributed by atoms with Crippen LogP contribution >= 0.6 is 0 Å². The number of anilines is 1. The minimum atomic E-state index is -0.818. The van der Waals surface area contributed by atoms with Gasteiger partial charge in [-0.2, -0.15) is 0 Å². The Hall–Kier alpha value is -1.94. The first kappa shape index (κ1) is 13.5. The second-order valence-electron chi connectivity index (χ2n) is 4.42. The topological polar surface area (TPSA) is 32.3 Å². The molecule has 0 bridgehead atoms. The smallest absolute Gasteiger partial charge is 0.126 e. The van der Waals surface area contributed by atoms with E-state index in [-0.39, 0.29) is 18.2 Å². The Morgan fingerprint density at radius 2 is 1.95 bits per heavy atom. The van der Waals surface area contributed by atoms with Crippen molar-refractivity contribution in [2.75, 3.05) is 11.9 Å². The second-order valence-corrected chi connectivity index (χ2v) is 4.42. The number of aryl methyl sites for hydroxylation is 1. The molecule has 2 aromatic carbocycles. The lowest BCUT2D eigenvalue weighted by Gasteiger charge is -2.13. The molecule has 0 radical (unpaired) electrons. The molecule has 0 spiro atoms. The number of nitrogens with one attached hydrogen (secondary N) is 1. The molecular weight excluding hydrogens is 248 g/mol. The van der Waals surface area contributed by atoms with Gasteiger partial charge in [0, 0.05) is 12.2 Å². The maximum Gasteiger partial charge on any atom is 0.126 e. The normalized spacial score (nSPS) is 12.2. The predicted octanol–water partition coefficient (Wildman–Crippen LogP) is 3.42. The molecule has 2 N–H and O–H groups in total. The van der Waals surface area contributed by atoms with E-state index in [0.29, 0.717) is 16.8 Å². The van der Waals surface area contributed by atoms with E-state index in [1.807, 2.05) is 0 Å². The third-order valence-electron chi connectivity index (χ3n) is 2.89. The standard InChI is InChI=1S/C15H15F2NO/c1-10-7-13(5-6-14(10)17)18-9-15(19)11-3-2-4-12(16)8-11/h2-8,15,18-19H,9H2,1H3. The molecule has 2 aromatic rings. The zero-order chi connectivity index (χ0) is 13.8. The molecule has 0 amide bonds. The van der Waals surface area contributed by atoms with E-state index in [0.717, 1.165) is 0 Å². The quantitative estimate of drug-likeness (QED) is 0.886. The van der Waals surface area contributed by atoms with Crippen molar-refractivity contribution < 1.29 is 13.9 Å². The molecule has 19 heavy (non-hydrogen) atoms. The molecule has 0 aliphatic carbocycles. The predicted molar refractivity (Wildman–Crippen MR) is 71.0 cm³/mol. The van der Waals surface area contributed by atoms with Crippen LogP contribution < -0.4 is 5.32 Å². The zero-order valence-corrected chi connectivity index (χ0v) is 10.5. The zero-order valence-electron chi connectivity index (χ0n) is 10.5. The molecule has 0 aliphatic heterocycles. The maximum atomic E-state index is 13.1. The lowest BCUT2D eigenvalue weighted by atomic mass is 10.1. The lowest BCUT2D eigenvalue weighted by Crippen LogP contribution is -2.12. The van der Waals surface area contributed by atoms with Crippen molar-refractivity contribution in [1.29, 1.82) is 0 Å². The van der Waals surface area contributed by atoms with Gasteiger partial charge in [-0.15, -0.1) is 0 Å². The fraction of sp³-hybridized carbons (Fsp3) is 0.200. The SMILES string of the molecule is Cc1cc(NCC(O)c2cccc(F)c2)ccc1F. The van der Waals surface area contributed by atoms with E-state index in [4.69, 9.17) is 0 Å². The van der Waals surface area contributed by atoms with Gasteiger partial charge < -0.3 is 10.4 Å². The third kappa shape index (κ3) is 3.51. The van der Waals surface area contributed by atoms with Gasteiger partial charge in [0.1, 0.15) is 11.6 Å². The van der Waals surface area contributed by atoms with Crippen molar-refractivity contribution in [2.24, 2.45) is 0 Å². The fourth-order valence-corrected chi connectivity index (χ4v) is 1.80. The summed E-state index contributed by atoms with van der Waals surface area (Å²) in [6, 6.07) is 10.5. The molecule has 0 aliphatic rings. The number of hydrogen-bond donors (Lipinski definition) is 2. The Labute approximate surface area is 110 Å². The minimum Gasteiger partial charge on any atom is -0.387 e. The molecule has 4 heteroatoms. The molecule has 0 saturated carbocycles. The monoisotopic (exact) mass is 263 g/mol. The Balaban J connectivity index is 2.00. The van der Waals surface area contributed by atoms with Crippen LogP contribution in [0.25, 0.3) is 0 Å². The minimum absolute atomic E-state index is 0.231. The largest absolute Gasteiger partial charge is 0.387 e. The summed E-state index contributed by atoms with van der Waals surface area (Å²) in [5, 5.41) is 12.9. The highest BCUT2D eigenvalue weighted by Crippen LogP contribution is 2.17. The van der Waals surface area contributed by atoms with Crippen LogP contribution in [-0.4, -0.2) is 11.7 Å². The van der Waals surface area contributed by atoms with Gasteiger partial charge >= 0.3 is 0 Å². The lowest BCUT2D eigenvalue weighted by molar-refractivity contribution is 0.191. The summed E-state index contributed by atoms with van der Waals surface area (Å²) >= 11 is 0. The molecule has 0 heterocycles. The number of rotatable bonds is 4. The molecule has 0 fully saturated rings. The van der Waals surface area contributed by atoms with Crippen LogP contribution in [0.3, 0.4) is 0 Å². The molecule has 0 saturated heterocycles. The second kappa shape index (κ2) is 5.80. The molecule has 2 nitrogen and oxygen atoms in total. The summed E-state index contributed by atoms with van der Waals surface area (Å²) in [5.41, 5.74) is 1.76. The van der Waals surface area contributed by atoms with Crippen LogP contribution in [0.2, 0.25) is 0 Å². The molecule has 0 aromatic heterocycles. The highest BCUT2D eigenvalue weighted by atomic mass is 19.1. The number of hydrogen-bond acceptors (Lipinski definition) is 2. The number of halogens is 2. The summed E-state index contributed by atoms with van der Waals surface area (Å²) < 4.78 is 26.1. The van der Waals surface area contributed by atoms with Crippen LogP contribution in [0.15, 0.2) is 42.5 Å². The molecule has 1 atom stereocenters. The van der Waals surface area contributed by atoms with Gasteiger partial charge in [-0.3, -0.25) is 0 Å². The molecule has 2 rings (SSSR count). The van der Waals surface area contributed by atoms with E-state index in [9.17, 15) is 13.9 Å². The summed E-state index contributed by atoms with van der Waals surface area (Å²) in [4.78, 5) is 0. The van der Waals surface area contributed by atoms with Crippen molar-refractivity contribution in [1.82, 2.24) is 0 Å². The van der Waals surface area contributed by atoms with Gasteiger partial charge in [0.05, 0.1) is 6.10 Å². The van der Waals surface area contributed by atoms with E-state index in [1.54, 1.807) is 31.2 Å². The van der Waals surface area contributed by atoms with Gasteiger partial charge in [-0.1, -0.05) is 12.1 Å². The maximum absolute atomic E-state index is 13.1. The van der Waals surface area contributed by atoms with Gasteiger partial charge in [-0.05, 0) is 48.4 Å². The highest BCUT2D eigenvalue weighted by Gasteiger charge is 2.08. The summed E-state index contributed by atoms with van der Waals surface area (Å²) in [6.45, 7) is 1.90. The van der Waals surface area contributed by atoms with Crippen LogP contribution in [0, 0.1) is 18.6 Å². The average molecular weight is 263 g/mol. The first-order valence-corrected chi connectivity index (χ1v) is 6.00.